The van der Waals surface area contributed by atoms with Crippen LogP contribution >= 0.6 is 0 Å². The minimum Gasteiger partial charge on any atom is -0.494 e. The Balaban J connectivity index is 1.58. The zero-order valence-electron chi connectivity index (χ0n) is 20.7. The topological polar surface area (TPSA) is 89.7 Å². The maximum Gasteiger partial charge on any atom is 0.276 e. The Labute approximate surface area is 207 Å². The molecule has 0 N–H and O–H groups in total. The number of amides is 1. The summed E-state index contributed by atoms with van der Waals surface area (Å²) < 4.78 is 35.3. The number of hydrogen-bond acceptors (Lipinski definition) is 6. The Morgan fingerprint density at radius 2 is 1.80 bits per heavy atom. The third kappa shape index (κ3) is 5.93. The van der Waals surface area contributed by atoms with E-state index < -0.39 is 15.9 Å². The summed E-state index contributed by atoms with van der Waals surface area (Å²) in [5.41, 5.74) is 3.08. The first-order valence-corrected chi connectivity index (χ1v) is 13.7. The Morgan fingerprint density at radius 1 is 1.11 bits per heavy atom. The Bertz CT molecular complexity index is 1270. The quantitative estimate of drug-likeness (QED) is 0.464. The van der Waals surface area contributed by atoms with Gasteiger partial charge in [-0.15, -0.1) is 0 Å². The van der Waals surface area contributed by atoms with E-state index in [2.05, 4.69) is 38.1 Å². The molecule has 3 aromatic rings. The first kappa shape index (κ1) is 25.0. The van der Waals surface area contributed by atoms with Crippen LogP contribution in [0.2, 0.25) is 0 Å². The van der Waals surface area contributed by atoms with Crippen LogP contribution in [0.15, 0.2) is 59.1 Å². The van der Waals surface area contributed by atoms with Gasteiger partial charge >= 0.3 is 0 Å². The van der Waals surface area contributed by atoms with Crippen molar-refractivity contribution in [3.05, 3.63) is 71.4 Å². The molecule has 4 rings (SSSR count). The molecule has 1 aromatic heterocycles. The van der Waals surface area contributed by atoms with E-state index >= 15 is 0 Å². The van der Waals surface area contributed by atoms with Gasteiger partial charge in [0.1, 0.15) is 5.75 Å². The fourth-order valence-corrected chi connectivity index (χ4v) is 5.97. The van der Waals surface area contributed by atoms with E-state index in [1.165, 1.54) is 5.56 Å². The lowest BCUT2D eigenvalue weighted by atomic mass is 9.86. The van der Waals surface area contributed by atoms with Crippen molar-refractivity contribution in [1.82, 2.24) is 10.1 Å². The molecule has 8 heteroatoms. The largest absolute Gasteiger partial charge is 0.494 e. The molecule has 0 spiro atoms. The molecule has 2 aromatic carbocycles. The molecular weight excluding hydrogens is 464 g/mol. The molecule has 1 unspecified atom stereocenters. The van der Waals surface area contributed by atoms with Gasteiger partial charge in [0.25, 0.3) is 5.91 Å². The average Bonchev–Trinajstić information content (AvgIpc) is 3.44. The molecule has 1 aliphatic rings. The summed E-state index contributed by atoms with van der Waals surface area (Å²) in [6.07, 6.45) is 0.414. The van der Waals surface area contributed by atoms with E-state index in [4.69, 9.17) is 9.26 Å². The molecule has 1 aliphatic heterocycles. The molecule has 1 atom stereocenters. The zero-order valence-corrected chi connectivity index (χ0v) is 21.5. The van der Waals surface area contributed by atoms with Gasteiger partial charge in [0.2, 0.25) is 0 Å². The summed E-state index contributed by atoms with van der Waals surface area (Å²) in [5, 5.41) is 4.02. The molecule has 7 nitrogen and oxygen atoms in total. The predicted molar refractivity (Wildman–Crippen MR) is 135 cm³/mol. The van der Waals surface area contributed by atoms with E-state index in [1.807, 2.05) is 43.3 Å². The third-order valence-electron chi connectivity index (χ3n) is 6.26. The van der Waals surface area contributed by atoms with Crippen LogP contribution in [0.1, 0.15) is 55.7 Å². The van der Waals surface area contributed by atoms with Crippen LogP contribution in [0.4, 0.5) is 0 Å². The van der Waals surface area contributed by atoms with E-state index in [-0.39, 0.29) is 28.5 Å². The fourth-order valence-electron chi connectivity index (χ4n) is 4.24. The predicted octanol–water partition coefficient (Wildman–Crippen LogP) is 4.87. The van der Waals surface area contributed by atoms with Crippen LogP contribution in [-0.4, -0.2) is 48.5 Å². The molecule has 0 aliphatic carbocycles. The minimum atomic E-state index is -3.17. The molecule has 0 radical (unpaired) electrons. The smallest absolute Gasteiger partial charge is 0.276 e. The van der Waals surface area contributed by atoms with Crippen LogP contribution in [0.5, 0.6) is 5.75 Å². The van der Waals surface area contributed by atoms with Gasteiger partial charge in [-0.3, -0.25) is 4.79 Å². The number of benzene rings is 2. The maximum absolute atomic E-state index is 13.5. The van der Waals surface area contributed by atoms with Gasteiger partial charge in [0.15, 0.2) is 21.3 Å². The van der Waals surface area contributed by atoms with E-state index in [1.54, 1.807) is 11.0 Å². The van der Waals surface area contributed by atoms with E-state index in [9.17, 15) is 13.2 Å². The fraction of sp³-hybridized carbons (Fsp3) is 0.407. The SMILES string of the molecule is CCOc1ccc(-c2cc(C(=O)N(Cc3ccc(C(C)(C)C)cc3)C3CCS(=O)(=O)C3)no2)cc1. The number of carbonyl (C=O) groups is 1. The molecule has 1 amide bonds. The van der Waals surface area contributed by atoms with Crippen molar-refractivity contribution in [3.8, 4) is 17.1 Å². The summed E-state index contributed by atoms with van der Waals surface area (Å²) in [7, 11) is -3.17. The van der Waals surface area contributed by atoms with Gasteiger partial charge in [0.05, 0.1) is 18.1 Å². The first-order chi connectivity index (χ1) is 16.6. The van der Waals surface area contributed by atoms with Crippen molar-refractivity contribution >= 4 is 15.7 Å². The zero-order chi connectivity index (χ0) is 25.2. The highest BCUT2D eigenvalue weighted by Crippen LogP contribution is 2.27. The van der Waals surface area contributed by atoms with E-state index in [0.29, 0.717) is 25.3 Å². The summed E-state index contributed by atoms with van der Waals surface area (Å²) in [6, 6.07) is 16.7. The van der Waals surface area contributed by atoms with Crippen LogP contribution < -0.4 is 4.74 Å². The first-order valence-electron chi connectivity index (χ1n) is 11.9. The van der Waals surface area contributed by atoms with Crippen LogP contribution in [0.25, 0.3) is 11.3 Å². The van der Waals surface area contributed by atoms with Crippen LogP contribution in [0.3, 0.4) is 0 Å². The second kappa shape index (κ2) is 9.85. The highest BCUT2D eigenvalue weighted by atomic mass is 32.2. The Hall–Kier alpha value is -3.13. The molecule has 0 saturated carbocycles. The Kier molecular flexibility index (Phi) is 7.03. The number of carbonyl (C=O) groups excluding carboxylic acids is 1. The molecule has 2 heterocycles. The van der Waals surface area contributed by atoms with Crippen molar-refractivity contribution in [2.75, 3.05) is 18.1 Å². The number of sulfone groups is 1. The monoisotopic (exact) mass is 496 g/mol. The average molecular weight is 497 g/mol. The highest BCUT2D eigenvalue weighted by molar-refractivity contribution is 7.91. The summed E-state index contributed by atoms with van der Waals surface area (Å²) in [6.45, 7) is 9.23. The van der Waals surface area contributed by atoms with Crippen LogP contribution in [-0.2, 0) is 21.8 Å². The van der Waals surface area contributed by atoms with E-state index in [0.717, 1.165) is 16.9 Å². The van der Waals surface area contributed by atoms with Crippen molar-refractivity contribution in [3.63, 3.8) is 0 Å². The minimum absolute atomic E-state index is 0.0194. The lowest BCUT2D eigenvalue weighted by molar-refractivity contribution is 0.0670. The molecule has 35 heavy (non-hydrogen) atoms. The van der Waals surface area contributed by atoms with Gasteiger partial charge in [-0.1, -0.05) is 50.2 Å². The molecule has 186 valence electrons. The van der Waals surface area contributed by atoms with Gasteiger partial charge in [-0.25, -0.2) is 8.42 Å². The number of hydrogen-bond donors (Lipinski definition) is 0. The second-order valence-corrected chi connectivity index (χ2v) is 12.2. The van der Waals surface area contributed by atoms with Crippen molar-refractivity contribution in [2.24, 2.45) is 0 Å². The van der Waals surface area contributed by atoms with Crippen molar-refractivity contribution < 1.29 is 22.5 Å². The van der Waals surface area contributed by atoms with Gasteiger partial charge in [-0.2, -0.15) is 0 Å². The second-order valence-electron chi connectivity index (χ2n) is 9.97. The molecule has 1 saturated heterocycles. The standard InChI is InChI=1S/C27H32N2O5S/c1-5-33-23-12-8-20(9-13-23)25-16-24(28-34-25)26(30)29(22-14-15-35(31,32)18-22)17-19-6-10-21(11-7-19)27(2,3)4/h6-13,16,22H,5,14-15,17-18H2,1-4H3. The number of rotatable bonds is 7. The van der Waals surface area contributed by atoms with Gasteiger partial charge in [0, 0.05) is 24.2 Å². The number of aromatic nitrogens is 1. The summed E-state index contributed by atoms with van der Waals surface area (Å²) in [5.74, 6) is 0.916. The molecular formula is C27H32N2O5S. The lowest BCUT2D eigenvalue weighted by Gasteiger charge is -2.28. The Morgan fingerprint density at radius 3 is 2.37 bits per heavy atom. The normalized spacial score (nSPS) is 17.3. The molecule has 0 bridgehead atoms. The maximum atomic E-state index is 13.5. The summed E-state index contributed by atoms with van der Waals surface area (Å²) >= 11 is 0. The number of nitrogens with zero attached hydrogens (tertiary/aromatic N) is 2. The lowest BCUT2D eigenvalue weighted by Crippen LogP contribution is -2.40. The summed E-state index contributed by atoms with van der Waals surface area (Å²) in [4.78, 5) is 15.2. The number of ether oxygens (including phenoxy) is 1. The highest BCUT2D eigenvalue weighted by Gasteiger charge is 2.36. The van der Waals surface area contributed by atoms with Crippen LogP contribution in [0, 0.1) is 0 Å². The van der Waals surface area contributed by atoms with Gasteiger partial charge < -0.3 is 14.2 Å². The van der Waals surface area contributed by atoms with Crippen molar-refractivity contribution in [1.29, 1.82) is 0 Å². The van der Waals surface area contributed by atoms with Crippen molar-refractivity contribution in [2.45, 2.75) is 52.1 Å². The van der Waals surface area contributed by atoms with Gasteiger partial charge in [-0.05, 0) is 54.2 Å². The molecule has 1 fully saturated rings. The third-order valence-corrected chi connectivity index (χ3v) is 8.01.